The Balaban J connectivity index is 2.88. The van der Waals surface area contributed by atoms with Gasteiger partial charge in [0.2, 0.25) is 0 Å². The van der Waals surface area contributed by atoms with Crippen molar-refractivity contribution in [3.05, 3.63) is 35.9 Å². The van der Waals surface area contributed by atoms with Crippen molar-refractivity contribution in [2.24, 2.45) is 0 Å². The molecule has 1 aromatic carbocycles. The van der Waals surface area contributed by atoms with Gasteiger partial charge in [0.05, 0.1) is 12.7 Å². The third kappa shape index (κ3) is 3.02. The molecule has 0 aliphatic carbocycles. The summed E-state index contributed by atoms with van der Waals surface area (Å²) < 4.78 is 5.09. The van der Waals surface area contributed by atoms with Crippen LogP contribution >= 0.6 is 0 Å². The van der Waals surface area contributed by atoms with Crippen molar-refractivity contribution in [2.75, 3.05) is 19.4 Å². The first-order chi connectivity index (χ1) is 7.54. The van der Waals surface area contributed by atoms with E-state index in [2.05, 4.69) is 11.9 Å². The molecular weight excluding hydrogens is 204 g/mol. The minimum atomic E-state index is -0.216. The number of carbonyl (C=O) groups is 1. The maximum Gasteiger partial charge on any atom is 0.255 e. The Morgan fingerprint density at radius 3 is 2.81 bits per heavy atom. The third-order valence-corrected chi connectivity index (χ3v) is 2.02. The van der Waals surface area contributed by atoms with E-state index in [1.807, 2.05) is 6.92 Å². The van der Waals surface area contributed by atoms with Crippen LogP contribution in [0, 0.1) is 0 Å². The van der Waals surface area contributed by atoms with Gasteiger partial charge in [-0.2, -0.15) is 0 Å². The molecule has 0 bridgehead atoms. The van der Waals surface area contributed by atoms with Crippen molar-refractivity contribution in [2.45, 2.75) is 6.92 Å². The third-order valence-electron chi connectivity index (χ3n) is 2.02. The van der Waals surface area contributed by atoms with Crippen LogP contribution in [0.3, 0.4) is 0 Å². The van der Waals surface area contributed by atoms with E-state index in [1.165, 1.54) is 7.11 Å². The van der Waals surface area contributed by atoms with Crippen molar-refractivity contribution in [1.82, 2.24) is 5.32 Å². The van der Waals surface area contributed by atoms with Crippen molar-refractivity contribution < 1.29 is 9.53 Å². The summed E-state index contributed by atoms with van der Waals surface area (Å²) in [5.41, 5.74) is 7.47. The zero-order valence-electron chi connectivity index (χ0n) is 9.54. The maximum atomic E-state index is 11.8. The fourth-order valence-electron chi connectivity index (χ4n) is 1.23. The molecule has 0 aliphatic rings. The molecule has 4 nitrogen and oxygen atoms in total. The lowest BCUT2D eigenvalue weighted by Crippen LogP contribution is -2.25. The van der Waals surface area contributed by atoms with Crippen LogP contribution in [-0.4, -0.2) is 19.6 Å². The Morgan fingerprint density at radius 2 is 2.25 bits per heavy atom. The molecule has 3 N–H and O–H groups in total. The number of methoxy groups -OCH3 is 1. The van der Waals surface area contributed by atoms with Crippen LogP contribution in [0.2, 0.25) is 0 Å². The van der Waals surface area contributed by atoms with E-state index >= 15 is 0 Å². The second kappa shape index (κ2) is 5.21. The summed E-state index contributed by atoms with van der Waals surface area (Å²) in [5.74, 6) is 0.292. The van der Waals surface area contributed by atoms with Crippen molar-refractivity contribution >= 4 is 11.6 Å². The highest BCUT2D eigenvalue weighted by Gasteiger charge is 2.11. The maximum absolute atomic E-state index is 11.8. The zero-order chi connectivity index (χ0) is 12.1. The normalized spacial score (nSPS) is 9.62. The molecule has 0 atom stereocenters. The molecule has 0 aromatic heterocycles. The predicted molar refractivity (Wildman–Crippen MR) is 64.6 cm³/mol. The van der Waals surface area contributed by atoms with Crippen LogP contribution in [0.4, 0.5) is 5.69 Å². The molecule has 0 spiro atoms. The van der Waals surface area contributed by atoms with Gasteiger partial charge in [0.15, 0.2) is 0 Å². The van der Waals surface area contributed by atoms with E-state index in [-0.39, 0.29) is 5.91 Å². The minimum Gasteiger partial charge on any atom is -0.496 e. The molecule has 0 heterocycles. The van der Waals surface area contributed by atoms with Crippen LogP contribution in [0.1, 0.15) is 17.3 Å². The van der Waals surface area contributed by atoms with E-state index in [0.717, 1.165) is 5.57 Å². The van der Waals surface area contributed by atoms with Crippen molar-refractivity contribution in [3.63, 3.8) is 0 Å². The Bertz CT molecular complexity index is 413. The molecule has 0 saturated heterocycles. The standard InChI is InChI=1S/C12H16N2O2/c1-8(2)7-14-12(15)10-6-9(13)4-5-11(10)16-3/h4-6H,1,7,13H2,2-3H3,(H,14,15). The lowest BCUT2D eigenvalue weighted by Gasteiger charge is -2.09. The monoisotopic (exact) mass is 220 g/mol. The molecule has 0 saturated carbocycles. The molecule has 1 amide bonds. The van der Waals surface area contributed by atoms with Gasteiger partial charge in [0.1, 0.15) is 5.75 Å². The van der Waals surface area contributed by atoms with Gasteiger partial charge in [0.25, 0.3) is 5.91 Å². The van der Waals surface area contributed by atoms with Gasteiger partial charge >= 0.3 is 0 Å². The van der Waals surface area contributed by atoms with E-state index < -0.39 is 0 Å². The lowest BCUT2D eigenvalue weighted by molar-refractivity contribution is 0.0954. The largest absolute Gasteiger partial charge is 0.496 e. The first-order valence-electron chi connectivity index (χ1n) is 4.90. The Morgan fingerprint density at radius 1 is 1.56 bits per heavy atom. The Hall–Kier alpha value is -1.97. The number of nitrogen functional groups attached to an aromatic ring is 1. The second-order valence-electron chi connectivity index (χ2n) is 3.60. The van der Waals surface area contributed by atoms with E-state index in [1.54, 1.807) is 18.2 Å². The van der Waals surface area contributed by atoms with Gasteiger partial charge < -0.3 is 15.8 Å². The number of rotatable bonds is 4. The number of benzene rings is 1. The average Bonchev–Trinajstić information content (AvgIpc) is 2.25. The van der Waals surface area contributed by atoms with Crippen LogP contribution in [-0.2, 0) is 0 Å². The van der Waals surface area contributed by atoms with Crippen molar-refractivity contribution in [3.8, 4) is 5.75 Å². The van der Waals surface area contributed by atoms with Crippen LogP contribution in [0.5, 0.6) is 5.75 Å². The number of hydrogen-bond acceptors (Lipinski definition) is 3. The van der Waals surface area contributed by atoms with E-state index in [9.17, 15) is 4.79 Å². The predicted octanol–water partition coefficient (Wildman–Crippen LogP) is 1.58. The number of amides is 1. The van der Waals surface area contributed by atoms with Crippen molar-refractivity contribution in [1.29, 1.82) is 0 Å². The fraction of sp³-hybridized carbons (Fsp3) is 0.250. The summed E-state index contributed by atoms with van der Waals surface area (Å²) >= 11 is 0. The first kappa shape index (κ1) is 12.1. The number of hydrogen-bond donors (Lipinski definition) is 2. The van der Waals surface area contributed by atoms with Crippen LogP contribution in [0.25, 0.3) is 0 Å². The highest BCUT2D eigenvalue weighted by atomic mass is 16.5. The molecular formula is C12H16N2O2. The fourth-order valence-corrected chi connectivity index (χ4v) is 1.23. The topological polar surface area (TPSA) is 64.4 Å². The average molecular weight is 220 g/mol. The molecule has 0 radical (unpaired) electrons. The summed E-state index contributed by atoms with van der Waals surface area (Å²) in [7, 11) is 1.51. The summed E-state index contributed by atoms with van der Waals surface area (Å²) in [5, 5.41) is 2.73. The van der Waals surface area contributed by atoms with E-state index in [0.29, 0.717) is 23.5 Å². The molecule has 16 heavy (non-hydrogen) atoms. The number of anilines is 1. The number of nitrogens with two attached hydrogens (primary N) is 1. The highest BCUT2D eigenvalue weighted by molar-refractivity contribution is 5.97. The van der Waals surface area contributed by atoms with Crippen LogP contribution < -0.4 is 15.8 Å². The first-order valence-corrected chi connectivity index (χ1v) is 4.90. The van der Waals surface area contributed by atoms with Gasteiger partial charge in [-0.25, -0.2) is 0 Å². The molecule has 1 aromatic rings. The van der Waals surface area contributed by atoms with Gasteiger partial charge in [-0.15, -0.1) is 0 Å². The molecule has 0 fully saturated rings. The summed E-state index contributed by atoms with van der Waals surface area (Å²) in [4.78, 5) is 11.8. The summed E-state index contributed by atoms with van der Waals surface area (Å²) in [6.45, 7) is 6.00. The highest BCUT2D eigenvalue weighted by Crippen LogP contribution is 2.20. The summed E-state index contributed by atoms with van der Waals surface area (Å²) in [6.07, 6.45) is 0. The van der Waals surface area contributed by atoms with Gasteiger partial charge in [0, 0.05) is 12.2 Å². The second-order valence-corrected chi connectivity index (χ2v) is 3.60. The van der Waals surface area contributed by atoms with Gasteiger partial charge in [-0.3, -0.25) is 4.79 Å². The SMILES string of the molecule is C=C(C)CNC(=O)c1cc(N)ccc1OC. The molecule has 86 valence electrons. The van der Waals surface area contributed by atoms with E-state index in [4.69, 9.17) is 10.5 Å². The molecule has 4 heteroatoms. The summed E-state index contributed by atoms with van der Waals surface area (Å²) in [6, 6.07) is 4.95. The number of ether oxygens (including phenoxy) is 1. The lowest BCUT2D eigenvalue weighted by atomic mass is 10.1. The Kier molecular flexibility index (Phi) is 3.94. The molecule has 0 unspecified atom stereocenters. The molecule has 1 rings (SSSR count). The minimum absolute atomic E-state index is 0.216. The smallest absolute Gasteiger partial charge is 0.255 e. The van der Waals surface area contributed by atoms with Gasteiger partial charge in [-0.05, 0) is 25.1 Å². The number of nitrogens with one attached hydrogen (secondary N) is 1. The Labute approximate surface area is 95.1 Å². The number of carbonyl (C=O) groups excluding carboxylic acids is 1. The van der Waals surface area contributed by atoms with Gasteiger partial charge in [-0.1, -0.05) is 12.2 Å². The van der Waals surface area contributed by atoms with Crippen LogP contribution in [0.15, 0.2) is 30.4 Å². The molecule has 0 aliphatic heterocycles. The zero-order valence-corrected chi connectivity index (χ0v) is 9.54. The quantitative estimate of drug-likeness (QED) is 0.598.